The molecule has 10 nitrogen and oxygen atoms in total. The Hall–Kier alpha value is -5.51. The molecular formula is C35H37NO9. The SMILES string of the molecule is CC(C)=C(C)C(=O)O.COC(=O)c1cc(-c2ccc(NC(=O)c3cccc(-c4c(OC)cc(OC)cc4OC)c3)cc2)oc1C. The fraction of sp³-hybridized carbons (Fsp3) is 0.229. The van der Waals surface area contributed by atoms with E-state index in [4.69, 9.17) is 28.5 Å². The van der Waals surface area contributed by atoms with Gasteiger partial charge in [-0.25, -0.2) is 9.59 Å². The molecule has 0 fully saturated rings. The summed E-state index contributed by atoms with van der Waals surface area (Å²) in [5, 5.41) is 11.2. The van der Waals surface area contributed by atoms with Crippen LogP contribution < -0.4 is 19.5 Å². The quantitative estimate of drug-likeness (QED) is 0.146. The van der Waals surface area contributed by atoms with Gasteiger partial charge >= 0.3 is 11.9 Å². The van der Waals surface area contributed by atoms with Crippen LogP contribution in [0.3, 0.4) is 0 Å². The first-order valence-electron chi connectivity index (χ1n) is 13.8. The number of carboxylic acid groups (broad SMARTS) is 1. The molecule has 0 unspecified atom stereocenters. The Morgan fingerprint density at radius 2 is 1.40 bits per heavy atom. The average Bonchev–Trinajstić information content (AvgIpc) is 3.45. The van der Waals surface area contributed by atoms with Gasteiger partial charge in [-0.15, -0.1) is 0 Å². The van der Waals surface area contributed by atoms with E-state index < -0.39 is 11.9 Å². The maximum Gasteiger partial charge on any atom is 0.341 e. The van der Waals surface area contributed by atoms with Crippen LogP contribution in [0.15, 0.2) is 82.3 Å². The molecule has 0 atom stereocenters. The van der Waals surface area contributed by atoms with Crippen molar-refractivity contribution in [3.63, 3.8) is 0 Å². The number of esters is 1. The summed E-state index contributed by atoms with van der Waals surface area (Å²) < 4.78 is 26.9. The second-order valence-electron chi connectivity index (χ2n) is 10.0. The van der Waals surface area contributed by atoms with Gasteiger partial charge in [-0.2, -0.15) is 0 Å². The molecule has 4 aromatic rings. The first-order chi connectivity index (χ1) is 21.4. The Kier molecular flexibility index (Phi) is 11.5. The van der Waals surface area contributed by atoms with Gasteiger partial charge in [0.2, 0.25) is 0 Å². The summed E-state index contributed by atoms with van der Waals surface area (Å²) in [7, 11) is 6.03. The van der Waals surface area contributed by atoms with Crippen LogP contribution in [0.1, 0.15) is 47.2 Å². The highest BCUT2D eigenvalue weighted by atomic mass is 16.5. The van der Waals surface area contributed by atoms with Gasteiger partial charge in [0.15, 0.2) is 0 Å². The van der Waals surface area contributed by atoms with E-state index in [9.17, 15) is 14.4 Å². The van der Waals surface area contributed by atoms with Gasteiger partial charge < -0.3 is 33.8 Å². The Morgan fingerprint density at radius 3 is 1.89 bits per heavy atom. The lowest BCUT2D eigenvalue weighted by atomic mass is 10.00. The summed E-state index contributed by atoms with van der Waals surface area (Å²) in [4.78, 5) is 35.0. The molecule has 4 rings (SSSR count). The maximum absolute atomic E-state index is 13.1. The van der Waals surface area contributed by atoms with Crippen LogP contribution in [-0.4, -0.2) is 51.4 Å². The van der Waals surface area contributed by atoms with Crippen LogP contribution in [-0.2, 0) is 9.53 Å². The Morgan fingerprint density at radius 1 is 0.778 bits per heavy atom. The van der Waals surface area contributed by atoms with E-state index in [0.29, 0.717) is 56.7 Å². The van der Waals surface area contributed by atoms with Crippen molar-refractivity contribution in [1.29, 1.82) is 0 Å². The number of hydrogen-bond acceptors (Lipinski definition) is 8. The molecule has 0 aliphatic rings. The Labute approximate surface area is 262 Å². The van der Waals surface area contributed by atoms with Crippen LogP contribution in [0, 0.1) is 6.92 Å². The van der Waals surface area contributed by atoms with Gasteiger partial charge in [-0.1, -0.05) is 17.7 Å². The number of benzene rings is 3. The van der Waals surface area contributed by atoms with E-state index >= 15 is 0 Å². The van der Waals surface area contributed by atoms with Gasteiger partial charge in [-0.3, -0.25) is 4.79 Å². The van der Waals surface area contributed by atoms with E-state index in [-0.39, 0.29) is 5.91 Å². The van der Waals surface area contributed by atoms with Crippen molar-refractivity contribution in [2.45, 2.75) is 27.7 Å². The molecule has 1 amide bonds. The van der Waals surface area contributed by atoms with Crippen molar-refractivity contribution in [1.82, 2.24) is 0 Å². The monoisotopic (exact) mass is 615 g/mol. The lowest BCUT2D eigenvalue weighted by molar-refractivity contribution is -0.132. The van der Waals surface area contributed by atoms with Crippen LogP contribution in [0.5, 0.6) is 17.2 Å². The number of furan rings is 1. The topological polar surface area (TPSA) is 134 Å². The molecule has 10 heteroatoms. The largest absolute Gasteiger partial charge is 0.496 e. The van der Waals surface area contributed by atoms with Gasteiger partial charge in [0.25, 0.3) is 5.91 Å². The number of nitrogens with one attached hydrogen (secondary N) is 1. The molecule has 0 saturated carbocycles. The third kappa shape index (κ3) is 8.32. The summed E-state index contributed by atoms with van der Waals surface area (Å²) in [5.74, 6) is 1.17. The van der Waals surface area contributed by atoms with E-state index in [1.54, 1.807) is 110 Å². The molecule has 236 valence electrons. The van der Waals surface area contributed by atoms with Crippen LogP contribution in [0.25, 0.3) is 22.5 Å². The molecule has 0 radical (unpaired) electrons. The highest BCUT2D eigenvalue weighted by Gasteiger charge is 2.18. The number of hydrogen-bond donors (Lipinski definition) is 2. The zero-order valence-electron chi connectivity index (χ0n) is 26.6. The number of rotatable bonds is 9. The molecule has 2 N–H and O–H groups in total. The van der Waals surface area contributed by atoms with Crippen molar-refractivity contribution in [2.75, 3.05) is 33.8 Å². The summed E-state index contributed by atoms with van der Waals surface area (Å²) in [6.07, 6.45) is 0. The fourth-order valence-corrected chi connectivity index (χ4v) is 4.18. The van der Waals surface area contributed by atoms with Gasteiger partial charge in [-0.05, 0) is 75.7 Å². The Balaban J connectivity index is 0.000000610. The second kappa shape index (κ2) is 15.3. The van der Waals surface area contributed by atoms with E-state index in [0.717, 1.165) is 16.7 Å². The first kappa shape index (κ1) is 34.0. The van der Waals surface area contributed by atoms with Crippen LogP contribution >= 0.6 is 0 Å². The number of allylic oxidation sites excluding steroid dienone is 1. The van der Waals surface area contributed by atoms with Crippen molar-refractivity contribution in [2.24, 2.45) is 0 Å². The van der Waals surface area contributed by atoms with Gasteiger partial charge in [0, 0.05) is 34.5 Å². The van der Waals surface area contributed by atoms with Crippen molar-refractivity contribution >= 4 is 23.5 Å². The number of carboxylic acids is 1. The average molecular weight is 616 g/mol. The van der Waals surface area contributed by atoms with E-state index in [1.165, 1.54) is 7.11 Å². The fourth-order valence-electron chi connectivity index (χ4n) is 4.18. The molecule has 0 bridgehead atoms. The molecular weight excluding hydrogens is 578 g/mol. The smallest absolute Gasteiger partial charge is 0.341 e. The number of carbonyl (C=O) groups excluding carboxylic acids is 2. The third-order valence-corrected chi connectivity index (χ3v) is 6.95. The molecule has 3 aromatic carbocycles. The number of anilines is 1. The van der Waals surface area contributed by atoms with Crippen LogP contribution in [0.2, 0.25) is 0 Å². The summed E-state index contributed by atoms with van der Waals surface area (Å²) in [6.45, 7) is 6.86. The molecule has 1 heterocycles. The molecule has 0 aliphatic heterocycles. The molecule has 1 aromatic heterocycles. The molecule has 0 saturated heterocycles. The Bertz CT molecular complexity index is 1690. The highest BCUT2D eigenvalue weighted by molar-refractivity contribution is 6.05. The van der Waals surface area contributed by atoms with E-state index in [2.05, 4.69) is 5.32 Å². The molecule has 0 spiro atoms. The van der Waals surface area contributed by atoms with Crippen molar-refractivity contribution < 1.29 is 42.9 Å². The maximum atomic E-state index is 13.1. The number of amides is 1. The van der Waals surface area contributed by atoms with Crippen LogP contribution in [0.4, 0.5) is 5.69 Å². The molecule has 0 aliphatic carbocycles. The number of methoxy groups -OCH3 is 4. The first-order valence-corrected chi connectivity index (χ1v) is 13.8. The lowest BCUT2D eigenvalue weighted by Crippen LogP contribution is -2.11. The van der Waals surface area contributed by atoms with Crippen molar-refractivity contribution in [3.8, 4) is 39.7 Å². The minimum Gasteiger partial charge on any atom is -0.496 e. The summed E-state index contributed by atoms with van der Waals surface area (Å²) in [6, 6.07) is 19.5. The predicted octanol–water partition coefficient (Wildman–Crippen LogP) is 7.41. The zero-order chi connectivity index (χ0) is 33.3. The number of ether oxygens (including phenoxy) is 4. The van der Waals surface area contributed by atoms with Crippen molar-refractivity contribution in [3.05, 3.63) is 94.8 Å². The second-order valence-corrected chi connectivity index (χ2v) is 10.0. The minimum atomic E-state index is -0.829. The van der Waals surface area contributed by atoms with Gasteiger partial charge in [0.1, 0.15) is 34.3 Å². The number of carbonyl (C=O) groups is 3. The standard InChI is InChI=1S/C29H27NO7.C6H10O2/c1-17-23(29(32)36-5)16-24(37-17)18-9-11-21(12-10-18)30-28(31)20-8-6-7-19(13-20)27-25(34-3)14-22(33-2)15-26(27)35-4;1-4(2)5(3)6(7)8/h6-16H,1-5H3,(H,30,31);1-3H3,(H,7,8). The number of aryl methyl sites for hydroxylation is 1. The third-order valence-electron chi connectivity index (χ3n) is 6.95. The molecule has 45 heavy (non-hydrogen) atoms. The summed E-state index contributed by atoms with van der Waals surface area (Å²) in [5.41, 5.74) is 4.97. The normalized spacial score (nSPS) is 10.1. The zero-order valence-corrected chi connectivity index (χ0v) is 26.6. The highest BCUT2D eigenvalue weighted by Crippen LogP contribution is 2.42. The van der Waals surface area contributed by atoms with E-state index in [1.807, 2.05) is 6.07 Å². The summed E-state index contributed by atoms with van der Waals surface area (Å²) >= 11 is 0. The minimum absolute atomic E-state index is 0.275. The van der Waals surface area contributed by atoms with Gasteiger partial charge in [0.05, 0.1) is 34.0 Å². The lowest BCUT2D eigenvalue weighted by Gasteiger charge is -2.16. The number of aliphatic carboxylic acids is 1. The predicted molar refractivity (Wildman–Crippen MR) is 171 cm³/mol.